The normalized spacial score (nSPS) is 12.1. The van der Waals surface area contributed by atoms with Crippen LogP contribution in [-0.4, -0.2) is 21.2 Å². The molecule has 1 unspecified atom stereocenters. The minimum absolute atomic E-state index is 0.353. The van der Waals surface area contributed by atoms with Gasteiger partial charge >= 0.3 is 0 Å². The lowest BCUT2D eigenvalue weighted by molar-refractivity contribution is 0.410. The van der Waals surface area contributed by atoms with E-state index in [1.54, 1.807) is 12.1 Å². The van der Waals surface area contributed by atoms with Gasteiger partial charge in [-0.15, -0.1) is 0 Å². The van der Waals surface area contributed by atoms with Gasteiger partial charge in [-0.3, -0.25) is 0 Å². The van der Waals surface area contributed by atoms with Gasteiger partial charge in [0.2, 0.25) is 0 Å². The highest BCUT2D eigenvalue weighted by molar-refractivity contribution is 5.48. The molecule has 0 amide bonds. The second-order valence-corrected chi connectivity index (χ2v) is 4.85. The van der Waals surface area contributed by atoms with Crippen LogP contribution < -0.4 is 15.4 Å². The molecule has 0 heterocycles. The number of nitrogens with two attached hydrogens (primary N) is 1. The number of ether oxygens (including phenoxy) is 1. The Morgan fingerprint density at radius 1 is 1.10 bits per heavy atom. The van der Waals surface area contributed by atoms with Crippen molar-refractivity contribution in [3.63, 3.8) is 0 Å². The standard InChI is InChI=1S/C16H19FN2O/c1-19(2)12-6-4-11(5-7-12)16(18)14-9-8-13(20-3)10-15(14)17/h4-10,16H,18H2,1-3H3. The van der Waals surface area contributed by atoms with E-state index in [2.05, 4.69) is 0 Å². The van der Waals surface area contributed by atoms with Gasteiger partial charge in [0.05, 0.1) is 13.2 Å². The molecular formula is C16H19FN2O. The monoisotopic (exact) mass is 274 g/mol. The molecule has 2 aromatic carbocycles. The third-order valence-electron chi connectivity index (χ3n) is 3.31. The maximum Gasteiger partial charge on any atom is 0.132 e. The van der Waals surface area contributed by atoms with Crippen molar-refractivity contribution in [2.75, 3.05) is 26.1 Å². The molecule has 106 valence electrons. The van der Waals surface area contributed by atoms with Gasteiger partial charge in [0.1, 0.15) is 11.6 Å². The Hall–Kier alpha value is -2.07. The van der Waals surface area contributed by atoms with Crippen molar-refractivity contribution in [1.29, 1.82) is 0 Å². The lowest BCUT2D eigenvalue weighted by Crippen LogP contribution is -2.14. The molecule has 2 N–H and O–H groups in total. The van der Waals surface area contributed by atoms with E-state index in [1.165, 1.54) is 13.2 Å². The Labute approximate surface area is 118 Å². The molecule has 3 nitrogen and oxygen atoms in total. The molecule has 0 aliphatic heterocycles. The number of halogens is 1. The molecule has 0 aliphatic rings. The summed E-state index contributed by atoms with van der Waals surface area (Å²) >= 11 is 0. The Morgan fingerprint density at radius 2 is 1.75 bits per heavy atom. The van der Waals surface area contributed by atoms with Gasteiger partial charge in [0.15, 0.2) is 0 Å². The molecule has 0 fully saturated rings. The zero-order chi connectivity index (χ0) is 14.7. The molecule has 20 heavy (non-hydrogen) atoms. The van der Waals surface area contributed by atoms with Crippen molar-refractivity contribution >= 4 is 5.69 Å². The fourth-order valence-corrected chi connectivity index (χ4v) is 2.05. The van der Waals surface area contributed by atoms with E-state index in [4.69, 9.17) is 10.5 Å². The summed E-state index contributed by atoms with van der Waals surface area (Å²) in [5.74, 6) is 0.134. The summed E-state index contributed by atoms with van der Waals surface area (Å²) in [6.07, 6.45) is 0. The van der Waals surface area contributed by atoms with Crippen molar-refractivity contribution in [2.24, 2.45) is 5.73 Å². The quantitative estimate of drug-likeness (QED) is 0.931. The van der Waals surface area contributed by atoms with Crippen LogP contribution in [0.4, 0.5) is 10.1 Å². The Bertz CT molecular complexity index is 582. The van der Waals surface area contributed by atoms with Crippen LogP contribution >= 0.6 is 0 Å². The van der Waals surface area contributed by atoms with Gasteiger partial charge in [0, 0.05) is 31.4 Å². The molecule has 0 spiro atoms. The largest absolute Gasteiger partial charge is 0.497 e. The van der Waals surface area contributed by atoms with Crippen molar-refractivity contribution in [3.8, 4) is 5.75 Å². The molecule has 2 aromatic rings. The highest BCUT2D eigenvalue weighted by Crippen LogP contribution is 2.26. The van der Waals surface area contributed by atoms with E-state index in [0.717, 1.165) is 11.3 Å². The zero-order valence-corrected chi connectivity index (χ0v) is 11.9. The van der Waals surface area contributed by atoms with Gasteiger partial charge in [-0.2, -0.15) is 0 Å². The van der Waals surface area contributed by atoms with E-state index in [0.29, 0.717) is 11.3 Å². The minimum atomic E-state index is -0.489. The number of hydrogen-bond acceptors (Lipinski definition) is 3. The van der Waals surface area contributed by atoms with Crippen LogP contribution in [0.2, 0.25) is 0 Å². The lowest BCUT2D eigenvalue weighted by atomic mass is 9.98. The van der Waals surface area contributed by atoms with E-state index in [9.17, 15) is 4.39 Å². The Kier molecular flexibility index (Phi) is 4.25. The summed E-state index contributed by atoms with van der Waals surface area (Å²) in [5, 5.41) is 0. The molecule has 0 aliphatic carbocycles. The molecular weight excluding hydrogens is 255 g/mol. The number of benzene rings is 2. The van der Waals surface area contributed by atoms with Gasteiger partial charge in [-0.25, -0.2) is 4.39 Å². The topological polar surface area (TPSA) is 38.5 Å². The van der Waals surface area contributed by atoms with Crippen molar-refractivity contribution in [1.82, 2.24) is 0 Å². The maximum absolute atomic E-state index is 14.0. The van der Waals surface area contributed by atoms with Crippen LogP contribution in [0.5, 0.6) is 5.75 Å². The van der Waals surface area contributed by atoms with E-state index in [-0.39, 0.29) is 5.82 Å². The first-order valence-electron chi connectivity index (χ1n) is 6.39. The fourth-order valence-electron chi connectivity index (χ4n) is 2.05. The van der Waals surface area contributed by atoms with Gasteiger partial charge in [0.25, 0.3) is 0 Å². The summed E-state index contributed by atoms with van der Waals surface area (Å²) in [6, 6.07) is 12.0. The summed E-state index contributed by atoms with van der Waals surface area (Å²) in [7, 11) is 5.45. The summed E-state index contributed by atoms with van der Waals surface area (Å²) in [5.41, 5.74) is 8.56. The summed E-state index contributed by atoms with van der Waals surface area (Å²) in [4.78, 5) is 2.00. The molecule has 0 saturated heterocycles. The molecule has 0 radical (unpaired) electrons. The second kappa shape index (κ2) is 5.92. The maximum atomic E-state index is 14.0. The van der Waals surface area contributed by atoms with Crippen LogP contribution in [0.3, 0.4) is 0 Å². The predicted molar refractivity (Wildman–Crippen MR) is 79.8 cm³/mol. The number of hydrogen-bond donors (Lipinski definition) is 1. The van der Waals surface area contributed by atoms with E-state index in [1.807, 2.05) is 43.3 Å². The summed E-state index contributed by atoms with van der Waals surface area (Å²) < 4.78 is 19.0. The van der Waals surface area contributed by atoms with Crippen LogP contribution in [0.1, 0.15) is 17.2 Å². The number of anilines is 1. The SMILES string of the molecule is COc1ccc(C(N)c2ccc(N(C)C)cc2)c(F)c1. The third kappa shape index (κ3) is 2.91. The zero-order valence-electron chi connectivity index (χ0n) is 11.9. The first-order chi connectivity index (χ1) is 9.52. The summed E-state index contributed by atoms with van der Waals surface area (Å²) in [6.45, 7) is 0. The first-order valence-corrected chi connectivity index (χ1v) is 6.39. The average molecular weight is 274 g/mol. The van der Waals surface area contributed by atoms with Gasteiger partial charge < -0.3 is 15.4 Å². The van der Waals surface area contributed by atoms with E-state index >= 15 is 0 Å². The molecule has 2 rings (SSSR count). The highest BCUT2D eigenvalue weighted by Gasteiger charge is 2.14. The second-order valence-electron chi connectivity index (χ2n) is 4.85. The van der Waals surface area contributed by atoms with Crippen LogP contribution in [0.25, 0.3) is 0 Å². The van der Waals surface area contributed by atoms with Crippen LogP contribution in [0, 0.1) is 5.82 Å². The third-order valence-corrected chi connectivity index (χ3v) is 3.31. The fraction of sp³-hybridized carbons (Fsp3) is 0.250. The molecule has 1 atom stereocenters. The smallest absolute Gasteiger partial charge is 0.132 e. The van der Waals surface area contributed by atoms with Gasteiger partial charge in [-0.05, 0) is 23.8 Å². The van der Waals surface area contributed by atoms with Crippen LogP contribution in [-0.2, 0) is 0 Å². The van der Waals surface area contributed by atoms with Crippen molar-refractivity contribution < 1.29 is 9.13 Å². The van der Waals surface area contributed by atoms with Crippen molar-refractivity contribution in [2.45, 2.75) is 6.04 Å². The number of rotatable bonds is 4. The number of methoxy groups -OCH3 is 1. The van der Waals surface area contributed by atoms with Crippen molar-refractivity contribution in [3.05, 3.63) is 59.4 Å². The van der Waals surface area contributed by atoms with Crippen LogP contribution in [0.15, 0.2) is 42.5 Å². The minimum Gasteiger partial charge on any atom is -0.497 e. The number of nitrogens with zero attached hydrogens (tertiary/aromatic N) is 1. The Balaban J connectivity index is 2.28. The molecule has 4 heteroatoms. The van der Waals surface area contributed by atoms with E-state index < -0.39 is 6.04 Å². The predicted octanol–water partition coefficient (Wildman–Crippen LogP) is 2.95. The first kappa shape index (κ1) is 14.3. The highest BCUT2D eigenvalue weighted by atomic mass is 19.1. The van der Waals surface area contributed by atoms with Gasteiger partial charge in [-0.1, -0.05) is 18.2 Å². The lowest BCUT2D eigenvalue weighted by Gasteiger charge is -2.17. The molecule has 0 saturated carbocycles. The average Bonchev–Trinajstić information content (AvgIpc) is 2.46. The Morgan fingerprint density at radius 3 is 2.25 bits per heavy atom. The molecule has 0 bridgehead atoms. The molecule has 0 aromatic heterocycles.